The molecule has 0 aromatic carbocycles. The smallest absolute Gasteiger partial charge is 0.270 e. The van der Waals surface area contributed by atoms with Gasteiger partial charge >= 0.3 is 0 Å². The fraction of sp³-hybridized carbons (Fsp3) is 0.480. The molecule has 0 spiro atoms. The number of carbonyl (C=O) groups is 1. The van der Waals surface area contributed by atoms with Crippen LogP contribution in [0.2, 0.25) is 0 Å². The molecule has 3 saturated carbocycles. The fourth-order valence-electron chi connectivity index (χ4n) is 6.67. The summed E-state index contributed by atoms with van der Waals surface area (Å²) in [5.41, 5.74) is 1.77. The third-order valence-corrected chi connectivity index (χ3v) is 7.88. The van der Waals surface area contributed by atoms with Crippen molar-refractivity contribution in [1.82, 2.24) is 25.5 Å². The number of carbonyl (C=O) groups excluding carboxylic acids is 1. The minimum absolute atomic E-state index is 0.0728. The second kappa shape index (κ2) is 7.22. The lowest BCUT2D eigenvalue weighted by molar-refractivity contribution is 0.0856. The SMILES string of the molecule is Cc1cccc(C(=O)NC23CCCC4CC2CC(c2nnc(-c5cccnc5)o2)(C4)C3)n1. The Morgan fingerprint density at radius 2 is 2.12 bits per heavy atom. The van der Waals surface area contributed by atoms with Gasteiger partial charge in [0.2, 0.25) is 11.8 Å². The van der Waals surface area contributed by atoms with Crippen molar-refractivity contribution < 1.29 is 9.21 Å². The van der Waals surface area contributed by atoms with E-state index in [9.17, 15) is 4.79 Å². The maximum absolute atomic E-state index is 13.2. The highest BCUT2D eigenvalue weighted by Gasteiger charge is 2.62. The molecule has 3 fully saturated rings. The third-order valence-electron chi connectivity index (χ3n) is 7.88. The zero-order chi connectivity index (χ0) is 21.8. The van der Waals surface area contributed by atoms with Crippen LogP contribution >= 0.6 is 0 Å². The van der Waals surface area contributed by atoms with Crippen LogP contribution in [0, 0.1) is 18.8 Å². The summed E-state index contributed by atoms with van der Waals surface area (Å²) in [4.78, 5) is 21.9. The molecule has 3 heterocycles. The van der Waals surface area contributed by atoms with Gasteiger partial charge in [-0.05, 0) is 75.1 Å². The maximum Gasteiger partial charge on any atom is 0.270 e. The van der Waals surface area contributed by atoms with Gasteiger partial charge in [0.25, 0.3) is 5.91 Å². The van der Waals surface area contributed by atoms with Crippen LogP contribution in [0.4, 0.5) is 0 Å². The van der Waals surface area contributed by atoms with Crippen LogP contribution in [0.25, 0.3) is 11.5 Å². The first-order valence-corrected chi connectivity index (χ1v) is 11.6. The van der Waals surface area contributed by atoms with Crippen molar-refractivity contribution in [1.29, 1.82) is 0 Å². The quantitative estimate of drug-likeness (QED) is 0.666. The highest BCUT2D eigenvalue weighted by molar-refractivity contribution is 5.93. The molecule has 3 aliphatic carbocycles. The van der Waals surface area contributed by atoms with Gasteiger partial charge in [0.05, 0.1) is 11.0 Å². The van der Waals surface area contributed by atoms with Crippen LogP contribution in [-0.2, 0) is 5.41 Å². The molecule has 4 unspecified atom stereocenters. The lowest BCUT2D eigenvalue weighted by Crippen LogP contribution is -2.51. The summed E-state index contributed by atoms with van der Waals surface area (Å²) in [5.74, 6) is 2.23. The van der Waals surface area contributed by atoms with Crippen molar-refractivity contribution in [3.05, 3.63) is 60.0 Å². The van der Waals surface area contributed by atoms with Gasteiger partial charge in [-0.25, -0.2) is 4.98 Å². The summed E-state index contributed by atoms with van der Waals surface area (Å²) in [7, 11) is 0. The number of fused-ring (bicyclic) bond motifs is 2. The highest BCUT2D eigenvalue weighted by Crippen LogP contribution is 2.62. The van der Waals surface area contributed by atoms with Gasteiger partial charge in [0.15, 0.2) is 0 Å². The molecular weight excluding hydrogens is 402 g/mol. The largest absolute Gasteiger partial charge is 0.420 e. The van der Waals surface area contributed by atoms with E-state index in [0.29, 0.717) is 23.4 Å². The molecule has 6 rings (SSSR count). The van der Waals surface area contributed by atoms with E-state index in [1.54, 1.807) is 18.5 Å². The van der Waals surface area contributed by atoms with Crippen LogP contribution in [0.5, 0.6) is 0 Å². The van der Waals surface area contributed by atoms with Gasteiger partial charge in [-0.3, -0.25) is 9.78 Å². The molecule has 32 heavy (non-hydrogen) atoms. The molecule has 1 amide bonds. The van der Waals surface area contributed by atoms with E-state index >= 15 is 0 Å². The summed E-state index contributed by atoms with van der Waals surface area (Å²) in [6, 6.07) is 9.42. The molecule has 0 radical (unpaired) electrons. The number of hydrogen-bond donors (Lipinski definition) is 1. The minimum Gasteiger partial charge on any atom is -0.420 e. The molecule has 3 aromatic rings. The highest BCUT2D eigenvalue weighted by atomic mass is 16.4. The van der Waals surface area contributed by atoms with E-state index in [1.165, 1.54) is 6.42 Å². The zero-order valence-electron chi connectivity index (χ0n) is 18.3. The second-order valence-corrected chi connectivity index (χ2v) is 9.98. The summed E-state index contributed by atoms with van der Waals surface area (Å²) in [6.07, 6.45) is 10.9. The van der Waals surface area contributed by atoms with Crippen LogP contribution in [0.1, 0.15) is 67.0 Å². The molecule has 7 nitrogen and oxygen atoms in total. The number of aromatic nitrogens is 4. The van der Waals surface area contributed by atoms with Crippen molar-refractivity contribution >= 4 is 5.91 Å². The van der Waals surface area contributed by atoms with E-state index < -0.39 is 0 Å². The Bertz CT molecular complexity index is 1160. The van der Waals surface area contributed by atoms with Gasteiger partial charge < -0.3 is 9.73 Å². The first kappa shape index (κ1) is 19.6. The van der Waals surface area contributed by atoms with Crippen molar-refractivity contribution in [2.24, 2.45) is 11.8 Å². The topological polar surface area (TPSA) is 93.8 Å². The molecule has 3 aliphatic rings. The zero-order valence-corrected chi connectivity index (χ0v) is 18.3. The summed E-state index contributed by atoms with van der Waals surface area (Å²) in [5, 5.41) is 12.3. The van der Waals surface area contributed by atoms with E-state index in [1.807, 2.05) is 31.2 Å². The average molecular weight is 430 g/mol. The van der Waals surface area contributed by atoms with E-state index in [2.05, 4.69) is 25.5 Å². The minimum atomic E-state index is -0.239. The summed E-state index contributed by atoms with van der Waals surface area (Å²) < 4.78 is 6.26. The third kappa shape index (κ3) is 3.14. The first-order chi connectivity index (χ1) is 15.6. The fourth-order valence-corrected chi connectivity index (χ4v) is 6.67. The van der Waals surface area contributed by atoms with Gasteiger partial charge in [0.1, 0.15) is 5.69 Å². The molecule has 164 valence electrons. The number of aryl methyl sites for hydroxylation is 1. The van der Waals surface area contributed by atoms with Crippen LogP contribution < -0.4 is 5.32 Å². The molecule has 0 aliphatic heterocycles. The number of pyridine rings is 2. The van der Waals surface area contributed by atoms with E-state index in [-0.39, 0.29) is 16.9 Å². The van der Waals surface area contributed by atoms with Gasteiger partial charge in [-0.15, -0.1) is 10.2 Å². The van der Waals surface area contributed by atoms with Crippen LogP contribution in [0.3, 0.4) is 0 Å². The van der Waals surface area contributed by atoms with Gasteiger partial charge in [-0.2, -0.15) is 0 Å². The number of rotatable bonds is 4. The Kier molecular flexibility index (Phi) is 4.42. The Hall–Kier alpha value is -3.09. The predicted octanol–water partition coefficient (Wildman–Crippen LogP) is 4.25. The monoisotopic (exact) mass is 429 g/mol. The summed E-state index contributed by atoms with van der Waals surface area (Å²) in [6.45, 7) is 1.91. The van der Waals surface area contributed by atoms with Crippen molar-refractivity contribution in [2.75, 3.05) is 0 Å². The molecule has 7 heteroatoms. The maximum atomic E-state index is 13.2. The Morgan fingerprint density at radius 1 is 1.19 bits per heavy atom. The molecule has 3 bridgehead atoms. The number of nitrogens with zero attached hydrogens (tertiary/aromatic N) is 4. The summed E-state index contributed by atoms with van der Waals surface area (Å²) >= 11 is 0. The van der Waals surface area contributed by atoms with Crippen LogP contribution in [0.15, 0.2) is 47.1 Å². The van der Waals surface area contributed by atoms with E-state index in [4.69, 9.17) is 4.42 Å². The van der Waals surface area contributed by atoms with E-state index in [0.717, 1.165) is 55.7 Å². The molecule has 4 atom stereocenters. The van der Waals surface area contributed by atoms with Crippen molar-refractivity contribution in [3.8, 4) is 11.5 Å². The molecule has 0 saturated heterocycles. The van der Waals surface area contributed by atoms with Gasteiger partial charge in [0, 0.05) is 23.6 Å². The number of nitrogens with one attached hydrogen (secondary N) is 1. The van der Waals surface area contributed by atoms with Crippen molar-refractivity contribution in [3.63, 3.8) is 0 Å². The molecule has 3 aromatic heterocycles. The molecule has 1 N–H and O–H groups in total. The van der Waals surface area contributed by atoms with Gasteiger partial charge in [-0.1, -0.05) is 18.9 Å². The predicted molar refractivity (Wildman–Crippen MR) is 118 cm³/mol. The van der Waals surface area contributed by atoms with Crippen LogP contribution in [-0.4, -0.2) is 31.6 Å². The molecular formula is C25H27N5O2. The average Bonchev–Trinajstić information content (AvgIpc) is 3.34. The number of hydrogen-bond acceptors (Lipinski definition) is 6. The second-order valence-electron chi connectivity index (χ2n) is 9.98. The standard InChI is InChI=1S/C25H27N5O2/c1-16-5-2-8-20(27-16)21(31)28-25-9-3-6-17-11-19(25)13-24(12-17,15-25)23-30-29-22(32-23)18-7-4-10-26-14-18/h2,4-5,7-8,10,14,17,19H,3,6,9,11-13,15H2,1H3,(H,28,31). The Labute approximate surface area is 187 Å². The normalized spacial score (nSPS) is 30.8. The first-order valence-electron chi connectivity index (χ1n) is 11.6. The Balaban J connectivity index is 1.34. The van der Waals surface area contributed by atoms with Crippen molar-refractivity contribution in [2.45, 2.75) is 62.8 Å². The Morgan fingerprint density at radius 3 is 2.97 bits per heavy atom. The number of amides is 1. The lowest BCUT2D eigenvalue weighted by Gasteiger charge is -2.35. The lowest BCUT2D eigenvalue weighted by atomic mass is 9.69.